The third-order valence-corrected chi connectivity index (χ3v) is 5.32. The van der Waals surface area contributed by atoms with Gasteiger partial charge in [-0.25, -0.2) is 4.98 Å². The summed E-state index contributed by atoms with van der Waals surface area (Å²) in [5.41, 5.74) is 5.42. The van der Waals surface area contributed by atoms with Crippen molar-refractivity contribution in [2.45, 2.75) is 19.9 Å². The Hall–Kier alpha value is -2.72. The zero-order valence-corrected chi connectivity index (χ0v) is 14.8. The highest BCUT2D eigenvalue weighted by Gasteiger charge is 2.12. The molecule has 0 saturated heterocycles. The minimum atomic E-state index is 0.0461. The van der Waals surface area contributed by atoms with Crippen molar-refractivity contribution in [1.29, 1.82) is 0 Å². The van der Waals surface area contributed by atoms with E-state index in [0.717, 1.165) is 27.8 Å². The molecule has 4 heteroatoms. The van der Waals surface area contributed by atoms with E-state index < -0.39 is 0 Å². The fourth-order valence-electron chi connectivity index (χ4n) is 3.01. The van der Waals surface area contributed by atoms with Gasteiger partial charge in [0.2, 0.25) is 0 Å². The molecule has 0 unspecified atom stereocenters. The van der Waals surface area contributed by atoms with Crippen molar-refractivity contribution >= 4 is 21.6 Å². The van der Waals surface area contributed by atoms with Crippen molar-refractivity contribution in [1.82, 2.24) is 9.55 Å². The number of aromatic nitrogens is 2. The van der Waals surface area contributed by atoms with Crippen LogP contribution in [-0.2, 0) is 13.0 Å². The van der Waals surface area contributed by atoms with E-state index in [4.69, 9.17) is 0 Å². The van der Waals surface area contributed by atoms with Crippen LogP contribution in [0.5, 0.6) is 0 Å². The Morgan fingerprint density at radius 3 is 2.72 bits per heavy atom. The SMILES string of the molecule is Cc1cccc(-c2csc3c(=O)n(CCc4ccccc4)cnc23)c1. The molecule has 2 heterocycles. The predicted molar refractivity (Wildman–Crippen MR) is 104 cm³/mol. The van der Waals surface area contributed by atoms with Crippen LogP contribution in [0.3, 0.4) is 0 Å². The Kier molecular flexibility index (Phi) is 4.20. The molecular formula is C21H18N2OS. The van der Waals surface area contributed by atoms with Crippen molar-refractivity contribution in [2.24, 2.45) is 0 Å². The maximum Gasteiger partial charge on any atom is 0.271 e. The molecule has 4 rings (SSSR count). The summed E-state index contributed by atoms with van der Waals surface area (Å²) >= 11 is 1.48. The number of benzene rings is 2. The van der Waals surface area contributed by atoms with E-state index in [1.165, 1.54) is 22.5 Å². The maximum absolute atomic E-state index is 12.8. The Morgan fingerprint density at radius 1 is 1.08 bits per heavy atom. The fourth-order valence-corrected chi connectivity index (χ4v) is 3.99. The second kappa shape index (κ2) is 6.65. The Bertz CT molecular complexity index is 1080. The summed E-state index contributed by atoms with van der Waals surface area (Å²) in [5, 5.41) is 2.04. The third-order valence-electron chi connectivity index (χ3n) is 4.36. The molecule has 0 amide bonds. The van der Waals surface area contributed by atoms with Crippen molar-refractivity contribution in [3.8, 4) is 11.1 Å². The molecule has 2 aromatic heterocycles. The molecule has 4 aromatic rings. The van der Waals surface area contributed by atoms with E-state index >= 15 is 0 Å². The lowest BCUT2D eigenvalue weighted by atomic mass is 10.1. The quantitative estimate of drug-likeness (QED) is 0.538. The summed E-state index contributed by atoms with van der Waals surface area (Å²) in [6.07, 6.45) is 2.50. The number of nitrogens with zero attached hydrogens (tertiary/aromatic N) is 2. The molecule has 0 bridgehead atoms. The molecule has 0 N–H and O–H groups in total. The van der Waals surface area contributed by atoms with E-state index in [9.17, 15) is 4.79 Å². The third kappa shape index (κ3) is 3.13. The van der Waals surface area contributed by atoms with Crippen molar-refractivity contribution in [3.63, 3.8) is 0 Å². The van der Waals surface area contributed by atoms with Crippen LogP contribution in [0.1, 0.15) is 11.1 Å². The van der Waals surface area contributed by atoms with Crippen molar-refractivity contribution in [3.05, 3.63) is 87.8 Å². The summed E-state index contributed by atoms with van der Waals surface area (Å²) in [7, 11) is 0. The van der Waals surface area contributed by atoms with E-state index in [-0.39, 0.29) is 5.56 Å². The highest BCUT2D eigenvalue weighted by atomic mass is 32.1. The van der Waals surface area contributed by atoms with Crippen LogP contribution in [0.4, 0.5) is 0 Å². The molecule has 0 fully saturated rings. The molecule has 2 aromatic carbocycles. The number of hydrogen-bond acceptors (Lipinski definition) is 3. The van der Waals surface area contributed by atoms with E-state index in [1.807, 2.05) is 29.6 Å². The van der Waals surface area contributed by atoms with Gasteiger partial charge < -0.3 is 0 Å². The van der Waals surface area contributed by atoms with Gasteiger partial charge in [-0.1, -0.05) is 60.2 Å². The fraction of sp³-hybridized carbons (Fsp3) is 0.143. The van der Waals surface area contributed by atoms with E-state index in [1.54, 1.807) is 10.9 Å². The van der Waals surface area contributed by atoms with Crippen LogP contribution in [0, 0.1) is 6.92 Å². The van der Waals surface area contributed by atoms with Gasteiger partial charge in [0.25, 0.3) is 5.56 Å². The summed E-state index contributed by atoms with van der Waals surface area (Å²) in [6.45, 7) is 2.71. The van der Waals surface area contributed by atoms with Gasteiger partial charge in [0.15, 0.2) is 0 Å². The second-order valence-electron chi connectivity index (χ2n) is 6.18. The highest BCUT2D eigenvalue weighted by molar-refractivity contribution is 7.17. The first kappa shape index (κ1) is 15.8. The van der Waals surface area contributed by atoms with Gasteiger partial charge in [0.1, 0.15) is 4.70 Å². The van der Waals surface area contributed by atoms with Gasteiger partial charge in [-0.3, -0.25) is 9.36 Å². The van der Waals surface area contributed by atoms with E-state index in [2.05, 4.69) is 42.2 Å². The van der Waals surface area contributed by atoms with Crippen LogP contribution in [0.2, 0.25) is 0 Å². The molecule has 3 nitrogen and oxygen atoms in total. The summed E-state index contributed by atoms with van der Waals surface area (Å²) in [5.74, 6) is 0. The molecule has 0 atom stereocenters. The first-order valence-corrected chi connectivity index (χ1v) is 9.18. The van der Waals surface area contributed by atoms with Crippen LogP contribution in [0.15, 0.2) is 71.1 Å². The lowest BCUT2D eigenvalue weighted by Gasteiger charge is -2.06. The molecule has 0 aliphatic carbocycles. The zero-order chi connectivity index (χ0) is 17.2. The van der Waals surface area contributed by atoms with E-state index in [0.29, 0.717) is 6.54 Å². The van der Waals surface area contributed by atoms with Gasteiger partial charge in [-0.05, 0) is 24.5 Å². The number of hydrogen-bond donors (Lipinski definition) is 0. The molecule has 0 saturated carbocycles. The predicted octanol–water partition coefficient (Wildman–Crippen LogP) is 4.68. The smallest absolute Gasteiger partial charge is 0.271 e. The standard InChI is InChI=1S/C21H18N2OS/c1-15-6-5-9-17(12-15)18-13-25-20-19(18)22-14-23(21(20)24)11-10-16-7-3-2-4-8-16/h2-9,12-14H,10-11H2,1H3. The Balaban J connectivity index is 1.69. The topological polar surface area (TPSA) is 34.9 Å². The van der Waals surface area contributed by atoms with Gasteiger partial charge in [0, 0.05) is 17.5 Å². The lowest BCUT2D eigenvalue weighted by Crippen LogP contribution is -2.20. The molecule has 0 spiro atoms. The average Bonchev–Trinajstić information content (AvgIpc) is 3.07. The number of aryl methyl sites for hydroxylation is 3. The molecule has 0 aliphatic rings. The molecule has 0 radical (unpaired) electrons. The Morgan fingerprint density at radius 2 is 1.92 bits per heavy atom. The number of rotatable bonds is 4. The van der Waals surface area contributed by atoms with Crippen LogP contribution in [-0.4, -0.2) is 9.55 Å². The summed E-state index contributed by atoms with van der Waals surface area (Å²) < 4.78 is 2.44. The van der Waals surface area contributed by atoms with Gasteiger partial charge in [0.05, 0.1) is 11.8 Å². The molecule has 25 heavy (non-hydrogen) atoms. The minimum absolute atomic E-state index is 0.0461. The lowest BCUT2D eigenvalue weighted by molar-refractivity contribution is 0.663. The van der Waals surface area contributed by atoms with Crippen LogP contribution >= 0.6 is 11.3 Å². The van der Waals surface area contributed by atoms with Gasteiger partial charge in [-0.2, -0.15) is 0 Å². The summed E-state index contributed by atoms with van der Waals surface area (Å²) in [6, 6.07) is 18.5. The Labute approximate surface area is 150 Å². The van der Waals surface area contributed by atoms with Crippen LogP contribution in [0.25, 0.3) is 21.3 Å². The average molecular weight is 346 g/mol. The second-order valence-corrected chi connectivity index (χ2v) is 7.05. The maximum atomic E-state index is 12.8. The largest absolute Gasteiger partial charge is 0.298 e. The van der Waals surface area contributed by atoms with Gasteiger partial charge in [-0.15, -0.1) is 11.3 Å². The molecular weight excluding hydrogens is 328 g/mol. The molecule has 124 valence electrons. The number of fused-ring (bicyclic) bond motifs is 1. The first-order chi connectivity index (χ1) is 12.2. The normalized spacial score (nSPS) is 11.1. The zero-order valence-electron chi connectivity index (χ0n) is 14.0. The molecule has 0 aliphatic heterocycles. The monoisotopic (exact) mass is 346 g/mol. The minimum Gasteiger partial charge on any atom is -0.298 e. The first-order valence-electron chi connectivity index (χ1n) is 8.30. The van der Waals surface area contributed by atoms with Crippen molar-refractivity contribution < 1.29 is 0 Å². The highest BCUT2D eigenvalue weighted by Crippen LogP contribution is 2.31. The van der Waals surface area contributed by atoms with Crippen molar-refractivity contribution in [2.75, 3.05) is 0 Å². The van der Waals surface area contributed by atoms with Gasteiger partial charge >= 0.3 is 0 Å². The number of thiophene rings is 1. The van der Waals surface area contributed by atoms with Crippen LogP contribution < -0.4 is 5.56 Å². The summed E-state index contributed by atoms with van der Waals surface area (Å²) in [4.78, 5) is 17.4.